The molecule has 5 nitrogen and oxygen atoms in total. The summed E-state index contributed by atoms with van der Waals surface area (Å²) in [5.41, 5.74) is 0.566. The van der Waals surface area contributed by atoms with E-state index in [0.29, 0.717) is 11.3 Å². The highest BCUT2D eigenvalue weighted by Gasteiger charge is 2.59. The molecule has 2 fully saturated rings. The molecular formula is C21H28O5. The Morgan fingerprint density at radius 1 is 1.19 bits per heavy atom. The molecule has 1 aromatic carbocycles. The van der Waals surface area contributed by atoms with E-state index in [1.54, 1.807) is 13.8 Å². The fourth-order valence-electron chi connectivity index (χ4n) is 5.13. The topological polar surface area (TPSA) is 76.0 Å². The van der Waals surface area contributed by atoms with Crippen LogP contribution in [-0.2, 0) is 4.74 Å². The molecule has 1 aromatic rings. The number of Topliss-reactive ketones (excluding diaryl/α,β-unsaturated/α-hetero) is 1. The van der Waals surface area contributed by atoms with Crippen LogP contribution < -0.4 is 4.74 Å². The molecule has 2 heterocycles. The molecule has 2 N–H and O–H groups in total. The Bertz CT molecular complexity index is 766. The second-order valence-corrected chi connectivity index (χ2v) is 8.97. The highest BCUT2D eigenvalue weighted by molar-refractivity contribution is 6.03. The van der Waals surface area contributed by atoms with Crippen molar-refractivity contribution in [3.8, 4) is 17.2 Å². The van der Waals surface area contributed by atoms with Crippen molar-refractivity contribution in [1.82, 2.24) is 0 Å². The lowest BCUT2D eigenvalue weighted by Crippen LogP contribution is -2.60. The minimum absolute atomic E-state index is 0.0168. The van der Waals surface area contributed by atoms with Crippen LogP contribution in [0.2, 0.25) is 0 Å². The number of ketones is 1. The maximum Gasteiger partial charge on any atom is 0.214 e. The summed E-state index contributed by atoms with van der Waals surface area (Å²) in [6.45, 7) is 7.74. The van der Waals surface area contributed by atoms with E-state index < -0.39 is 5.79 Å². The average Bonchev–Trinajstić information content (AvgIpc) is 2.51. The minimum atomic E-state index is -0.774. The van der Waals surface area contributed by atoms with Gasteiger partial charge in [-0.2, -0.15) is 0 Å². The fourth-order valence-corrected chi connectivity index (χ4v) is 5.13. The number of aromatic hydroxyl groups is 2. The standard InChI is InChI=1S/C21H28O5/c1-11(2)18(24)17-15(23)10-14(22)16-12-6-5-8-21(25-19(16)17)13(12)7-9-20(3,4)26-21/h10-13,22-23H,5-9H2,1-4H3/t12?,13-,21-/m0/s1. The average molecular weight is 360 g/mol. The third-order valence-corrected chi connectivity index (χ3v) is 6.29. The van der Waals surface area contributed by atoms with Crippen molar-refractivity contribution >= 4 is 5.78 Å². The minimum Gasteiger partial charge on any atom is -0.507 e. The van der Waals surface area contributed by atoms with E-state index in [2.05, 4.69) is 13.8 Å². The lowest BCUT2D eigenvalue weighted by Gasteiger charge is -2.57. The van der Waals surface area contributed by atoms with Gasteiger partial charge in [0.15, 0.2) is 5.78 Å². The first-order valence-corrected chi connectivity index (χ1v) is 9.67. The van der Waals surface area contributed by atoms with Gasteiger partial charge in [0, 0.05) is 35.8 Å². The first kappa shape index (κ1) is 17.7. The summed E-state index contributed by atoms with van der Waals surface area (Å²) in [6, 6.07) is 1.30. The van der Waals surface area contributed by atoms with E-state index in [-0.39, 0.29) is 46.2 Å². The zero-order valence-electron chi connectivity index (χ0n) is 16.0. The first-order valence-electron chi connectivity index (χ1n) is 9.67. The Kier molecular flexibility index (Phi) is 3.82. The highest BCUT2D eigenvalue weighted by atomic mass is 16.7. The molecule has 1 saturated carbocycles. The number of benzene rings is 1. The van der Waals surface area contributed by atoms with E-state index in [0.717, 1.165) is 32.1 Å². The highest BCUT2D eigenvalue weighted by Crippen LogP contribution is 2.61. The molecule has 4 rings (SSSR count). The van der Waals surface area contributed by atoms with Gasteiger partial charge in [0.1, 0.15) is 22.8 Å². The van der Waals surface area contributed by atoms with Gasteiger partial charge in [0.25, 0.3) is 0 Å². The van der Waals surface area contributed by atoms with Crippen LogP contribution in [-0.4, -0.2) is 27.4 Å². The Balaban J connectivity index is 1.92. The molecule has 3 aliphatic rings. The predicted octanol–water partition coefficient (Wildman–Crippen LogP) is 4.50. The number of ether oxygens (including phenoxy) is 2. The zero-order valence-corrected chi connectivity index (χ0v) is 16.0. The molecular weight excluding hydrogens is 332 g/mol. The first-order chi connectivity index (χ1) is 12.2. The predicted molar refractivity (Wildman–Crippen MR) is 96.8 cm³/mol. The molecule has 1 saturated heterocycles. The Morgan fingerprint density at radius 2 is 1.92 bits per heavy atom. The Morgan fingerprint density at radius 3 is 2.62 bits per heavy atom. The molecule has 2 bridgehead atoms. The Hall–Kier alpha value is -1.75. The second-order valence-electron chi connectivity index (χ2n) is 8.97. The molecule has 0 aromatic heterocycles. The van der Waals surface area contributed by atoms with Crippen molar-refractivity contribution in [2.24, 2.45) is 11.8 Å². The van der Waals surface area contributed by atoms with Gasteiger partial charge >= 0.3 is 0 Å². The number of hydrogen-bond donors (Lipinski definition) is 2. The Labute approximate surface area is 154 Å². The van der Waals surface area contributed by atoms with Crippen molar-refractivity contribution in [3.63, 3.8) is 0 Å². The third kappa shape index (κ3) is 2.43. The lowest BCUT2D eigenvalue weighted by atomic mass is 9.65. The van der Waals surface area contributed by atoms with Gasteiger partial charge in [0.2, 0.25) is 5.79 Å². The van der Waals surface area contributed by atoms with Crippen LogP contribution in [0.15, 0.2) is 6.07 Å². The molecule has 1 unspecified atom stereocenters. The second kappa shape index (κ2) is 5.62. The van der Waals surface area contributed by atoms with E-state index >= 15 is 0 Å². The van der Waals surface area contributed by atoms with Gasteiger partial charge in [-0.25, -0.2) is 0 Å². The number of rotatable bonds is 2. The normalized spacial score (nSPS) is 31.7. The number of phenolic OH excluding ortho intramolecular Hbond substituents is 2. The van der Waals surface area contributed by atoms with Gasteiger partial charge in [-0.15, -0.1) is 0 Å². The SMILES string of the molecule is CC(C)C(=O)c1c(O)cc(O)c2c1O[C@]13CCCC2[C@@H]1CCC(C)(C)O3. The molecule has 0 radical (unpaired) electrons. The summed E-state index contributed by atoms with van der Waals surface area (Å²) in [5, 5.41) is 21.0. The number of phenols is 2. The van der Waals surface area contributed by atoms with Crippen molar-refractivity contribution in [3.05, 3.63) is 17.2 Å². The number of fused-ring (bicyclic) bond motifs is 2. The molecule has 142 valence electrons. The largest absolute Gasteiger partial charge is 0.507 e. The van der Waals surface area contributed by atoms with Crippen LogP contribution in [0.4, 0.5) is 0 Å². The van der Waals surface area contributed by atoms with E-state index in [9.17, 15) is 15.0 Å². The van der Waals surface area contributed by atoms with Crippen molar-refractivity contribution in [2.75, 3.05) is 0 Å². The molecule has 26 heavy (non-hydrogen) atoms. The van der Waals surface area contributed by atoms with Crippen LogP contribution in [0.5, 0.6) is 17.2 Å². The molecule has 0 spiro atoms. The molecule has 1 aliphatic carbocycles. The quantitative estimate of drug-likeness (QED) is 0.760. The van der Waals surface area contributed by atoms with Crippen LogP contribution in [0, 0.1) is 11.8 Å². The summed E-state index contributed by atoms with van der Waals surface area (Å²) < 4.78 is 12.9. The third-order valence-electron chi connectivity index (χ3n) is 6.29. The maximum atomic E-state index is 12.8. The molecule has 0 amide bonds. The zero-order chi connectivity index (χ0) is 18.9. The number of carbonyl (C=O) groups is 1. The van der Waals surface area contributed by atoms with Crippen molar-refractivity contribution in [2.45, 2.75) is 77.1 Å². The van der Waals surface area contributed by atoms with Gasteiger partial charge in [-0.1, -0.05) is 13.8 Å². The van der Waals surface area contributed by atoms with Crippen molar-refractivity contribution in [1.29, 1.82) is 0 Å². The van der Waals surface area contributed by atoms with Gasteiger partial charge in [-0.05, 0) is 39.5 Å². The fraction of sp³-hybridized carbons (Fsp3) is 0.667. The van der Waals surface area contributed by atoms with Crippen LogP contribution in [0.1, 0.15) is 81.6 Å². The molecule has 5 heteroatoms. The van der Waals surface area contributed by atoms with Crippen molar-refractivity contribution < 1.29 is 24.5 Å². The number of carbonyl (C=O) groups excluding carboxylic acids is 1. The summed E-state index contributed by atoms with van der Waals surface area (Å²) in [4.78, 5) is 12.8. The lowest BCUT2D eigenvalue weighted by molar-refractivity contribution is -0.315. The number of hydrogen-bond acceptors (Lipinski definition) is 5. The van der Waals surface area contributed by atoms with E-state index in [1.165, 1.54) is 6.07 Å². The van der Waals surface area contributed by atoms with Crippen LogP contribution in [0.25, 0.3) is 0 Å². The van der Waals surface area contributed by atoms with Gasteiger partial charge < -0.3 is 19.7 Å². The summed E-state index contributed by atoms with van der Waals surface area (Å²) >= 11 is 0. The monoisotopic (exact) mass is 360 g/mol. The van der Waals surface area contributed by atoms with E-state index in [4.69, 9.17) is 9.47 Å². The van der Waals surface area contributed by atoms with Crippen LogP contribution >= 0.6 is 0 Å². The van der Waals surface area contributed by atoms with E-state index in [1.807, 2.05) is 0 Å². The summed E-state index contributed by atoms with van der Waals surface area (Å²) in [5.74, 6) is -0.856. The van der Waals surface area contributed by atoms with Gasteiger partial charge in [-0.3, -0.25) is 4.79 Å². The van der Waals surface area contributed by atoms with Crippen LogP contribution in [0.3, 0.4) is 0 Å². The molecule has 3 atom stereocenters. The maximum absolute atomic E-state index is 12.8. The molecule has 2 aliphatic heterocycles. The smallest absolute Gasteiger partial charge is 0.214 e. The van der Waals surface area contributed by atoms with Gasteiger partial charge in [0.05, 0.1) is 5.60 Å². The summed E-state index contributed by atoms with van der Waals surface area (Å²) in [6.07, 6.45) is 4.55. The summed E-state index contributed by atoms with van der Waals surface area (Å²) in [7, 11) is 0.